The molecule has 0 saturated heterocycles. The van der Waals surface area contributed by atoms with E-state index in [1.54, 1.807) is 18.9 Å². The minimum absolute atomic E-state index is 0.512. The number of aryl methyl sites for hydroxylation is 2. The Morgan fingerprint density at radius 3 is 2.60 bits per heavy atom. The van der Waals surface area contributed by atoms with Gasteiger partial charge in [-0.25, -0.2) is 4.68 Å². The maximum absolute atomic E-state index is 6.16. The van der Waals surface area contributed by atoms with Gasteiger partial charge in [-0.15, -0.1) is 0 Å². The van der Waals surface area contributed by atoms with Gasteiger partial charge in [0.25, 0.3) is 0 Å². The van der Waals surface area contributed by atoms with Crippen LogP contribution in [0.2, 0.25) is 5.02 Å². The number of anilines is 1. The highest BCUT2D eigenvalue weighted by atomic mass is 35.5. The van der Waals surface area contributed by atoms with Crippen molar-refractivity contribution in [1.29, 1.82) is 0 Å². The molecule has 0 atom stereocenters. The van der Waals surface area contributed by atoms with Crippen LogP contribution in [0.5, 0.6) is 11.5 Å². The number of halogens is 1. The third-order valence-electron chi connectivity index (χ3n) is 2.81. The first-order valence-electron chi connectivity index (χ1n) is 6.07. The zero-order chi connectivity index (χ0) is 14.7. The molecule has 0 aliphatic rings. The standard InChI is InChI=1S/C13H17ClN4O2/c1-8-16-13(18(2)17-8)15-7-9-5-10(14)12(20-4)11(6-9)19-3/h5-6H,7H2,1-4H3,(H,15,16,17). The van der Waals surface area contributed by atoms with Crippen LogP contribution < -0.4 is 14.8 Å². The van der Waals surface area contributed by atoms with Crippen LogP contribution in [0.3, 0.4) is 0 Å². The summed E-state index contributed by atoms with van der Waals surface area (Å²) >= 11 is 6.16. The monoisotopic (exact) mass is 296 g/mol. The van der Waals surface area contributed by atoms with E-state index >= 15 is 0 Å². The molecule has 2 aromatic rings. The van der Waals surface area contributed by atoms with E-state index in [1.165, 1.54) is 0 Å². The SMILES string of the molecule is COc1cc(CNc2nc(C)nn2C)cc(Cl)c1OC. The van der Waals surface area contributed by atoms with Crippen molar-refractivity contribution in [1.82, 2.24) is 14.8 Å². The Morgan fingerprint density at radius 1 is 1.30 bits per heavy atom. The van der Waals surface area contributed by atoms with E-state index in [0.717, 1.165) is 11.4 Å². The van der Waals surface area contributed by atoms with Crippen LogP contribution in [0.1, 0.15) is 11.4 Å². The molecule has 1 aromatic carbocycles. The van der Waals surface area contributed by atoms with Gasteiger partial charge < -0.3 is 14.8 Å². The minimum atomic E-state index is 0.512. The third-order valence-corrected chi connectivity index (χ3v) is 3.09. The number of hydrogen-bond acceptors (Lipinski definition) is 5. The highest BCUT2D eigenvalue weighted by Gasteiger charge is 2.11. The van der Waals surface area contributed by atoms with Gasteiger partial charge in [0, 0.05) is 13.6 Å². The molecule has 0 aliphatic heterocycles. The van der Waals surface area contributed by atoms with Gasteiger partial charge in [0.2, 0.25) is 5.95 Å². The number of methoxy groups -OCH3 is 2. The molecule has 2 rings (SSSR count). The summed E-state index contributed by atoms with van der Waals surface area (Å²) in [6.45, 7) is 2.41. The van der Waals surface area contributed by atoms with Crippen LogP contribution in [-0.4, -0.2) is 29.0 Å². The van der Waals surface area contributed by atoms with Crippen LogP contribution in [0.15, 0.2) is 12.1 Å². The topological polar surface area (TPSA) is 61.2 Å². The first-order chi connectivity index (χ1) is 9.55. The summed E-state index contributed by atoms with van der Waals surface area (Å²) in [5.41, 5.74) is 0.966. The molecule has 108 valence electrons. The van der Waals surface area contributed by atoms with E-state index in [0.29, 0.717) is 29.0 Å². The first kappa shape index (κ1) is 14.5. The van der Waals surface area contributed by atoms with Crippen LogP contribution >= 0.6 is 11.6 Å². The van der Waals surface area contributed by atoms with E-state index in [9.17, 15) is 0 Å². The molecule has 1 heterocycles. The molecule has 1 N–H and O–H groups in total. The fourth-order valence-electron chi connectivity index (χ4n) is 1.92. The van der Waals surface area contributed by atoms with E-state index in [2.05, 4.69) is 15.4 Å². The number of ether oxygens (including phenoxy) is 2. The molecule has 0 aliphatic carbocycles. The van der Waals surface area contributed by atoms with Crippen molar-refractivity contribution in [3.05, 3.63) is 28.5 Å². The summed E-state index contributed by atoms with van der Waals surface area (Å²) in [6, 6.07) is 3.71. The van der Waals surface area contributed by atoms with Gasteiger partial charge in [-0.05, 0) is 24.6 Å². The number of nitrogens with zero attached hydrogens (tertiary/aromatic N) is 3. The predicted octanol–water partition coefficient (Wildman–Crippen LogP) is 2.41. The average Bonchev–Trinajstić information content (AvgIpc) is 2.74. The van der Waals surface area contributed by atoms with Crippen molar-refractivity contribution >= 4 is 17.5 Å². The highest BCUT2D eigenvalue weighted by Crippen LogP contribution is 2.36. The quantitative estimate of drug-likeness (QED) is 0.918. The first-order valence-corrected chi connectivity index (χ1v) is 6.45. The Hall–Kier alpha value is -1.95. The Morgan fingerprint density at radius 2 is 2.05 bits per heavy atom. The summed E-state index contributed by atoms with van der Waals surface area (Å²) in [5, 5.41) is 7.89. The molecule has 0 saturated carbocycles. The largest absolute Gasteiger partial charge is 0.493 e. The fraction of sp³-hybridized carbons (Fsp3) is 0.385. The van der Waals surface area contributed by atoms with Gasteiger partial charge in [0.1, 0.15) is 5.82 Å². The third kappa shape index (κ3) is 2.96. The van der Waals surface area contributed by atoms with Crippen molar-refractivity contribution in [3.63, 3.8) is 0 Å². The number of hydrogen-bond donors (Lipinski definition) is 1. The van der Waals surface area contributed by atoms with E-state index in [-0.39, 0.29) is 0 Å². The second-order valence-corrected chi connectivity index (χ2v) is 4.68. The Kier molecular flexibility index (Phi) is 4.34. The maximum Gasteiger partial charge on any atom is 0.221 e. The lowest BCUT2D eigenvalue weighted by molar-refractivity contribution is 0.355. The van der Waals surface area contributed by atoms with E-state index in [1.807, 2.05) is 26.1 Å². The smallest absolute Gasteiger partial charge is 0.221 e. The Bertz CT molecular complexity index is 613. The average molecular weight is 297 g/mol. The van der Waals surface area contributed by atoms with Gasteiger partial charge in [0.15, 0.2) is 11.5 Å². The summed E-state index contributed by atoms with van der Waals surface area (Å²) < 4.78 is 12.2. The minimum Gasteiger partial charge on any atom is -0.493 e. The molecule has 0 amide bonds. The van der Waals surface area contributed by atoms with Crippen molar-refractivity contribution in [3.8, 4) is 11.5 Å². The number of benzene rings is 1. The van der Waals surface area contributed by atoms with Crippen LogP contribution in [0.4, 0.5) is 5.95 Å². The van der Waals surface area contributed by atoms with E-state index < -0.39 is 0 Å². The number of nitrogens with one attached hydrogen (secondary N) is 1. The molecule has 0 spiro atoms. The van der Waals surface area contributed by atoms with Crippen molar-refractivity contribution in [2.24, 2.45) is 7.05 Å². The summed E-state index contributed by atoms with van der Waals surface area (Å²) in [7, 11) is 4.98. The zero-order valence-corrected chi connectivity index (χ0v) is 12.7. The van der Waals surface area contributed by atoms with Crippen molar-refractivity contribution in [2.45, 2.75) is 13.5 Å². The number of rotatable bonds is 5. The normalized spacial score (nSPS) is 10.4. The summed E-state index contributed by atoms with van der Waals surface area (Å²) in [6.07, 6.45) is 0. The zero-order valence-electron chi connectivity index (χ0n) is 11.9. The second kappa shape index (κ2) is 6.00. The van der Waals surface area contributed by atoms with Crippen LogP contribution in [-0.2, 0) is 13.6 Å². The van der Waals surface area contributed by atoms with Crippen LogP contribution in [0.25, 0.3) is 0 Å². The van der Waals surface area contributed by atoms with Gasteiger partial charge in [-0.1, -0.05) is 11.6 Å². The van der Waals surface area contributed by atoms with E-state index in [4.69, 9.17) is 21.1 Å². The number of aromatic nitrogens is 3. The predicted molar refractivity (Wildman–Crippen MR) is 77.6 cm³/mol. The molecular formula is C13H17ClN4O2. The molecule has 1 aromatic heterocycles. The Labute approximate surface area is 122 Å². The molecule has 20 heavy (non-hydrogen) atoms. The summed E-state index contributed by atoms with van der Waals surface area (Å²) in [4.78, 5) is 4.28. The molecule has 0 unspecified atom stereocenters. The molecule has 7 heteroatoms. The lowest BCUT2D eigenvalue weighted by atomic mass is 10.2. The van der Waals surface area contributed by atoms with Crippen molar-refractivity contribution in [2.75, 3.05) is 19.5 Å². The van der Waals surface area contributed by atoms with Crippen molar-refractivity contribution < 1.29 is 9.47 Å². The Balaban J connectivity index is 2.18. The lowest BCUT2D eigenvalue weighted by Gasteiger charge is -2.12. The summed E-state index contributed by atoms with van der Waals surface area (Å²) in [5.74, 6) is 2.56. The van der Waals surface area contributed by atoms with Gasteiger partial charge in [-0.3, -0.25) is 0 Å². The maximum atomic E-state index is 6.16. The molecule has 0 radical (unpaired) electrons. The van der Waals surface area contributed by atoms with Gasteiger partial charge in [0.05, 0.1) is 19.2 Å². The lowest BCUT2D eigenvalue weighted by Crippen LogP contribution is -2.06. The molecule has 6 nitrogen and oxygen atoms in total. The highest BCUT2D eigenvalue weighted by molar-refractivity contribution is 6.32. The molecule has 0 bridgehead atoms. The molecule has 0 fully saturated rings. The molecular weight excluding hydrogens is 280 g/mol. The van der Waals surface area contributed by atoms with Gasteiger partial charge >= 0.3 is 0 Å². The van der Waals surface area contributed by atoms with Crippen LogP contribution in [0, 0.1) is 6.92 Å². The fourth-order valence-corrected chi connectivity index (χ4v) is 2.23. The second-order valence-electron chi connectivity index (χ2n) is 4.27. The van der Waals surface area contributed by atoms with Gasteiger partial charge in [-0.2, -0.15) is 10.1 Å².